The fourth-order valence-electron chi connectivity index (χ4n) is 2.75. The molecule has 0 atom stereocenters. The minimum absolute atomic E-state index is 0.149. The number of amides is 2. The Balaban J connectivity index is 1.66. The molecule has 0 unspecified atom stereocenters. The van der Waals surface area contributed by atoms with E-state index in [2.05, 4.69) is 31.6 Å². The number of hydrogen-bond acceptors (Lipinski definition) is 4. The Bertz CT molecular complexity index is 675. The first-order valence-corrected chi connectivity index (χ1v) is 9.80. The van der Waals surface area contributed by atoms with Crippen molar-refractivity contribution in [3.8, 4) is 0 Å². The molecule has 0 aromatic heterocycles. The summed E-state index contributed by atoms with van der Waals surface area (Å²) in [4.78, 5) is 29.6. The van der Waals surface area contributed by atoms with E-state index in [9.17, 15) is 9.59 Å². The molecular weight excluding hydrogens is 414 g/mol. The van der Waals surface area contributed by atoms with Gasteiger partial charge in [-0.15, -0.1) is 0 Å². The number of piperidine rings is 1. The second kappa shape index (κ2) is 10.8. The summed E-state index contributed by atoms with van der Waals surface area (Å²) >= 11 is 3.34. The number of ether oxygens (including phenoxy) is 1. The van der Waals surface area contributed by atoms with Crippen LogP contribution in [0.15, 0.2) is 33.7 Å². The number of halogens is 1. The van der Waals surface area contributed by atoms with Crippen LogP contribution in [0.1, 0.15) is 30.1 Å². The van der Waals surface area contributed by atoms with Crippen LogP contribution in [0.25, 0.3) is 0 Å². The van der Waals surface area contributed by atoms with E-state index in [-0.39, 0.29) is 18.0 Å². The Morgan fingerprint density at radius 3 is 2.78 bits per heavy atom. The third kappa shape index (κ3) is 7.09. The molecule has 1 aromatic carbocycles. The van der Waals surface area contributed by atoms with Crippen LogP contribution < -0.4 is 16.4 Å². The van der Waals surface area contributed by atoms with Crippen molar-refractivity contribution in [2.24, 2.45) is 10.7 Å². The Hall–Kier alpha value is -2.29. The molecule has 0 radical (unpaired) electrons. The van der Waals surface area contributed by atoms with Gasteiger partial charge in [0.15, 0.2) is 5.96 Å². The fourth-order valence-corrected chi connectivity index (χ4v) is 3.15. The maximum atomic E-state index is 12.0. The van der Waals surface area contributed by atoms with Gasteiger partial charge in [-0.1, -0.05) is 22.0 Å². The third-order valence-electron chi connectivity index (χ3n) is 4.14. The molecule has 0 bridgehead atoms. The molecule has 1 fully saturated rings. The third-order valence-corrected chi connectivity index (χ3v) is 4.63. The predicted octanol–water partition coefficient (Wildman–Crippen LogP) is 1.70. The summed E-state index contributed by atoms with van der Waals surface area (Å²) in [6.45, 7) is 4.23. The zero-order valence-electron chi connectivity index (χ0n) is 15.4. The highest BCUT2D eigenvalue weighted by Gasteiger charge is 2.23. The Morgan fingerprint density at radius 2 is 2.11 bits per heavy atom. The average molecular weight is 440 g/mol. The number of hydrogen-bond donors (Lipinski definition) is 3. The summed E-state index contributed by atoms with van der Waals surface area (Å²) < 4.78 is 5.86. The van der Waals surface area contributed by atoms with E-state index in [4.69, 9.17) is 10.5 Å². The summed E-state index contributed by atoms with van der Waals surface area (Å²) in [7, 11) is 0. The average Bonchev–Trinajstić information content (AvgIpc) is 2.66. The number of benzene rings is 1. The topological polar surface area (TPSA) is 109 Å². The molecule has 2 amide bonds. The molecule has 0 spiro atoms. The van der Waals surface area contributed by atoms with Crippen LogP contribution in [0.5, 0.6) is 0 Å². The Kier molecular flexibility index (Phi) is 8.38. The lowest BCUT2D eigenvalue weighted by Crippen LogP contribution is -2.48. The number of carbonyl (C=O) groups excluding carboxylic acids is 2. The summed E-state index contributed by atoms with van der Waals surface area (Å²) in [5.74, 6) is 0.200. The molecule has 2 rings (SSSR count). The first-order chi connectivity index (χ1) is 13.0. The normalized spacial score (nSPS) is 15.3. The van der Waals surface area contributed by atoms with Crippen LogP contribution in [-0.2, 0) is 4.74 Å². The highest BCUT2D eigenvalue weighted by atomic mass is 79.9. The monoisotopic (exact) mass is 439 g/mol. The second-order valence-corrected chi connectivity index (χ2v) is 7.05. The van der Waals surface area contributed by atoms with Gasteiger partial charge in [0.1, 0.15) is 0 Å². The molecule has 1 aliphatic rings. The van der Waals surface area contributed by atoms with E-state index in [0.717, 1.165) is 17.3 Å². The van der Waals surface area contributed by atoms with Crippen LogP contribution in [0.2, 0.25) is 0 Å². The van der Waals surface area contributed by atoms with Gasteiger partial charge in [0.2, 0.25) is 0 Å². The first kappa shape index (κ1) is 21.0. The van der Waals surface area contributed by atoms with Crippen molar-refractivity contribution in [2.75, 3.05) is 32.8 Å². The van der Waals surface area contributed by atoms with Crippen molar-refractivity contribution < 1.29 is 14.3 Å². The first-order valence-electron chi connectivity index (χ1n) is 9.01. The SMILES string of the molecule is CCOC(=O)N1CCC(NC(N)=NCCNC(=O)c2cccc(Br)c2)CC1. The van der Waals surface area contributed by atoms with E-state index in [0.29, 0.717) is 44.3 Å². The number of nitrogens with zero attached hydrogens (tertiary/aromatic N) is 2. The van der Waals surface area contributed by atoms with Gasteiger partial charge < -0.3 is 26.0 Å². The number of nitrogens with one attached hydrogen (secondary N) is 2. The molecule has 1 saturated heterocycles. The smallest absolute Gasteiger partial charge is 0.409 e. The van der Waals surface area contributed by atoms with Gasteiger partial charge in [0.25, 0.3) is 5.91 Å². The minimum Gasteiger partial charge on any atom is -0.450 e. The largest absolute Gasteiger partial charge is 0.450 e. The van der Waals surface area contributed by atoms with E-state index in [1.165, 1.54) is 0 Å². The molecule has 148 valence electrons. The van der Waals surface area contributed by atoms with Crippen molar-refractivity contribution in [1.29, 1.82) is 0 Å². The lowest BCUT2D eigenvalue weighted by atomic mass is 10.1. The van der Waals surface area contributed by atoms with Crippen LogP contribution in [0.3, 0.4) is 0 Å². The summed E-state index contributed by atoms with van der Waals surface area (Å²) in [5.41, 5.74) is 6.50. The zero-order chi connectivity index (χ0) is 19.6. The quantitative estimate of drug-likeness (QED) is 0.355. The Labute approximate surface area is 167 Å². The highest BCUT2D eigenvalue weighted by molar-refractivity contribution is 9.10. The maximum absolute atomic E-state index is 12.0. The van der Waals surface area contributed by atoms with Gasteiger partial charge in [-0.05, 0) is 38.0 Å². The summed E-state index contributed by atoms with van der Waals surface area (Å²) in [5, 5.41) is 5.97. The number of rotatable bonds is 6. The van der Waals surface area contributed by atoms with Crippen LogP contribution >= 0.6 is 15.9 Å². The van der Waals surface area contributed by atoms with Crippen molar-refractivity contribution >= 4 is 33.9 Å². The lowest BCUT2D eigenvalue weighted by molar-refractivity contribution is 0.0949. The molecule has 1 aliphatic heterocycles. The van der Waals surface area contributed by atoms with Crippen LogP contribution in [0, 0.1) is 0 Å². The predicted molar refractivity (Wildman–Crippen MR) is 108 cm³/mol. The van der Waals surface area contributed by atoms with Gasteiger partial charge in [0.05, 0.1) is 13.2 Å². The summed E-state index contributed by atoms with van der Waals surface area (Å²) in [6, 6.07) is 7.37. The van der Waals surface area contributed by atoms with Gasteiger partial charge in [0, 0.05) is 35.7 Å². The zero-order valence-corrected chi connectivity index (χ0v) is 17.0. The molecule has 8 nitrogen and oxygen atoms in total. The van der Waals surface area contributed by atoms with Gasteiger partial charge in [-0.2, -0.15) is 0 Å². The fraction of sp³-hybridized carbons (Fsp3) is 0.500. The highest BCUT2D eigenvalue weighted by Crippen LogP contribution is 2.12. The van der Waals surface area contributed by atoms with E-state index < -0.39 is 0 Å². The van der Waals surface area contributed by atoms with E-state index in [1.54, 1.807) is 24.0 Å². The molecule has 0 aliphatic carbocycles. The molecular formula is C18H26BrN5O3. The number of nitrogens with two attached hydrogens (primary N) is 1. The van der Waals surface area contributed by atoms with Crippen molar-refractivity contribution in [3.63, 3.8) is 0 Å². The number of guanidine groups is 1. The number of likely N-dealkylation sites (tertiary alicyclic amines) is 1. The van der Waals surface area contributed by atoms with E-state index in [1.807, 2.05) is 12.1 Å². The molecule has 1 aromatic rings. The van der Waals surface area contributed by atoms with Crippen LogP contribution in [-0.4, -0.2) is 61.7 Å². The molecule has 1 heterocycles. The standard InChI is InChI=1S/C18H26BrN5O3/c1-2-27-18(26)24-10-6-15(7-11-24)23-17(20)22-9-8-21-16(25)13-4-3-5-14(19)12-13/h3-5,12,15H,2,6-11H2,1H3,(H,21,25)(H3,20,22,23). The van der Waals surface area contributed by atoms with Crippen molar-refractivity contribution in [3.05, 3.63) is 34.3 Å². The van der Waals surface area contributed by atoms with Gasteiger partial charge >= 0.3 is 6.09 Å². The molecule has 27 heavy (non-hydrogen) atoms. The van der Waals surface area contributed by atoms with Crippen molar-refractivity contribution in [2.45, 2.75) is 25.8 Å². The molecule has 0 saturated carbocycles. The van der Waals surface area contributed by atoms with Crippen LogP contribution in [0.4, 0.5) is 4.79 Å². The summed E-state index contributed by atoms with van der Waals surface area (Å²) in [6.07, 6.45) is 1.31. The number of aliphatic imine (C=N–C) groups is 1. The molecule has 4 N–H and O–H groups in total. The second-order valence-electron chi connectivity index (χ2n) is 6.14. The maximum Gasteiger partial charge on any atom is 0.409 e. The van der Waals surface area contributed by atoms with Gasteiger partial charge in [-0.25, -0.2) is 4.79 Å². The lowest BCUT2D eigenvalue weighted by Gasteiger charge is -2.31. The number of carbonyl (C=O) groups is 2. The van der Waals surface area contributed by atoms with Gasteiger partial charge in [-0.3, -0.25) is 9.79 Å². The molecule has 9 heteroatoms. The minimum atomic E-state index is -0.265. The van der Waals surface area contributed by atoms with Crippen molar-refractivity contribution in [1.82, 2.24) is 15.5 Å². The Morgan fingerprint density at radius 1 is 1.37 bits per heavy atom. The van der Waals surface area contributed by atoms with E-state index >= 15 is 0 Å².